The molecule has 0 radical (unpaired) electrons. The number of amides is 1. The van der Waals surface area contributed by atoms with E-state index in [0.717, 1.165) is 22.2 Å². The lowest BCUT2D eigenvalue weighted by molar-refractivity contribution is 0.0906. The first-order chi connectivity index (χ1) is 11.8. The van der Waals surface area contributed by atoms with Gasteiger partial charge in [0.2, 0.25) is 5.82 Å². The van der Waals surface area contributed by atoms with Crippen LogP contribution in [0, 0.1) is 0 Å². The first-order valence-corrected chi connectivity index (χ1v) is 7.39. The van der Waals surface area contributed by atoms with Crippen molar-refractivity contribution in [1.29, 1.82) is 0 Å². The van der Waals surface area contributed by atoms with Crippen molar-refractivity contribution in [2.45, 2.75) is 6.54 Å². The fraction of sp³-hybridized carbons (Fsp3) is 0.0588. The Bertz CT molecular complexity index is 990. The first-order valence-electron chi connectivity index (χ1n) is 7.39. The molecule has 0 aliphatic carbocycles. The largest absolute Gasteiger partial charge is 0.361 e. The zero-order valence-electron chi connectivity index (χ0n) is 12.6. The number of nitrogens with zero attached hydrogens (tertiary/aromatic N) is 3. The molecule has 0 atom stereocenters. The quantitative estimate of drug-likeness (QED) is 0.602. The van der Waals surface area contributed by atoms with E-state index in [2.05, 4.69) is 25.4 Å². The maximum atomic E-state index is 12.1. The van der Waals surface area contributed by atoms with Crippen LogP contribution in [0.25, 0.3) is 22.3 Å². The molecule has 0 saturated heterocycles. The second kappa shape index (κ2) is 5.96. The van der Waals surface area contributed by atoms with Crippen LogP contribution in [0.15, 0.2) is 59.4 Å². The first kappa shape index (κ1) is 14.1. The molecule has 3 heterocycles. The second-order valence-electron chi connectivity index (χ2n) is 5.21. The fourth-order valence-corrected chi connectivity index (χ4v) is 2.37. The van der Waals surface area contributed by atoms with Crippen LogP contribution in [0.2, 0.25) is 0 Å². The van der Waals surface area contributed by atoms with Crippen LogP contribution in [-0.2, 0) is 6.54 Å². The highest BCUT2D eigenvalue weighted by Crippen LogP contribution is 2.21. The molecule has 4 aromatic rings. The van der Waals surface area contributed by atoms with Crippen molar-refractivity contribution in [3.63, 3.8) is 0 Å². The molecule has 0 unspecified atom stereocenters. The van der Waals surface area contributed by atoms with Crippen molar-refractivity contribution in [2.24, 2.45) is 0 Å². The van der Waals surface area contributed by atoms with E-state index in [1.165, 1.54) is 0 Å². The normalized spacial score (nSPS) is 10.8. The van der Waals surface area contributed by atoms with Crippen LogP contribution in [-0.4, -0.2) is 26.0 Å². The van der Waals surface area contributed by atoms with Gasteiger partial charge >= 0.3 is 11.8 Å². The zero-order chi connectivity index (χ0) is 16.4. The van der Waals surface area contributed by atoms with Gasteiger partial charge in [0.15, 0.2) is 0 Å². The zero-order valence-corrected chi connectivity index (χ0v) is 12.6. The Labute approximate surface area is 136 Å². The molecule has 7 heteroatoms. The summed E-state index contributed by atoms with van der Waals surface area (Å²) in [5.41, 5.74) is 2.56. The van der Waals surface area contributed by atoms with Gasteiger partial charge in [0.1, 0.15) is 0 Å². The van der Waals surface area contributed by atoms with Gasteiger partial charge in [0.05, 0.1) is 12.2 Å². The number of carbonyl (C=O) groups excluding carboxylic acids is 1. The number of benzene rings is 1. The number of pyridine rings is 1. The number of H-pyrrole nitrogens is 1. The van der Waals surface area contributed by atoms with Crippen LogP contribution in [0.4, 0.5) is 0 Å². The Hall–Kier alpha value is -3.48. The molecule has 1 amide bonds. The highest BCUT2D eigenvalue weighted by molar-refractivity contribution is 5.90. The Morgan fingerprint density at radius 2 is 2.17 bits per heavy atom. The number of nitrogens with one attached hydrogen (secondary N) is 2. The lowest BCUT2D eigenvalue weighted by Crippen LogP contribution is -2.23. The lowest BCUT2D eigenvalue weighted by atomic mass is 10.1. The van der Waals surface area contributed by atoms with Crippen LogP contribution in [0.3, 0.4) is 0 Å². The maximum absolute atomic E-state index is 12.1. The summed E-state index contributed by atoms with van der Waals surface area (Å²) < 4.78 is 5.06. The van der Waals surface area contributed by atoms with Crippen molar-refractivity contribution in [3.8, 4) is 11.4 Å². The van der Waals surface area contributed by atoms with Gasteiger partial charge in [-0.25, -0.2) is 0 Å². The molecule has 2 N–H and O–H groups in total. The molecule has 1 aromatic carbocycles. The summed E-state index contributed by atoms with van der Waals surface area (Å²) in [5, 5.41) is 7.62. The highest BCUT2D eigenvalue weighted by Gasteiger charge is 2.16. The van der Waals surface area contributed by atoms with Crippen molar-refractivity contribution in [3.05, 3.63) is 66.4 Å². The van der Waals surface area contributed by atoms with Gasteiger partial charge in [-0.15, -0.1) is 0 Å². The predicted molar refractivity (Wildman–Crippen MR) is 87.0 cm³/mol. The van der Waals surface area contributed by atoms with Gasteiger partial charge in [0, 0.05) is 28.9 Å². The third-order valence-corrected chi connectivity index (χ3v) is 3.59. The van der Waals surface area contributed by atoms with Crippen LogP contribution < -0.4 is 5.32 Å². The Kier molecular flexibility index (Phi) is 3.51. The summed E-state index contributed by atoms with van der Waals surface area (Å²) in [6.45, 7) is 0.298. The van der Waals surface area contributed by atoms with Crippen molar-refractivity contribution in [2.75, 3.05) is 0 Å². The molecule has 0 aliphatic rings. The highest BCUT2D eigenvalue weighted by atomic mass is 16.5. The molecule has 0 bridgehead atoms. The molecule has 4 rings (SSSR count). The van der Waals surface area contributed by atoms with Gasteiger partial charge in [0.25, 0.3) is 0 Å². The summed E-state index contributed by atoms with van der Waals surface area (Å²) in [6, 6.07) is 13.2. The molecule has 3 aromatic heterocycles. The Morgan fingerprint density at radius 3 is 3.04 bits per heavy atom. The smallest absolute Gasteiger partial charge is 0.316 e. The third kappa shape index (κ3) is 2.74. The van der Waals surface area contributed by atoms with Gasteiger partial charge in [-0.05, 0) is 36.4 Å². The topological polar surface area (TPSA) is 96.7 Å². The molecule has 0 spiro atoms. The number of carbonyl (C=O) groups is 1. The van der Waals surface area contributed by atoms with E-state index >= 15 is 0 Å². The van der Waals surface area contributed by atoms with E-state index in [0.29, 0.717) is 12.4 Å². The van der Waals surface area contributed by atoms with Gasteiger partial charge in [-0.3, -0.25) is 9.78 Å². The number of fused-ring (bicyclic) bond motifs is 1. The average molecular weight is 319 g/mol. The fourth-order valence-electron chi connectivity index (χ4n) is 2.37. The number of aromatic nitrogens is 4. The number of hydrogen-bond donors (Lipinski definition) is 2. The monoisotopic (exact) mass is 319 g/mol. The SMILES string of the molecule is O=C(NCc1ccccn1)c1nc(-c2ccc3[nH]ccc3c2)no1. The molecular weight excluding hydrogens is 306 g/mol. The number of hydrogen-bond acceptors (Lipinski definition) is 5. The molecule has 7 nitrogen and oxygen atoms in total. The summed E-state index contributed by atoms with van der Waals surface area (Å²) in [4.78, 5) is 23.5. The van der Waals surface area contributed by atoms with Crippen molar-refractivity contribution >= 4 is 16.8 Å². The van der Waals surface area contributed by atoms with Crippen molar-refractivity contribution in [1.82, 2.24) is 25.4 Å². The van der Waals surface area contributed by atoms with Gasteiger partial charge in [-0.2, -0.15) is 4.98 Å². The number of rotatable bonds is 4. The van der Waals surface area contributed by atoms with E-state index in [4.69, 9.17) is 4.52 Å². The maximum Gasteiger partial charge on any atom is 0.316 e. The minimum absolute atomic E-state index is 0.0740. The van der Waals surface area contributed by atoms with Crippen LogP contribution in [0.1, 0.15) is 16.4 Å². The average Bonchev–Trinajstić information content (AvgIpc) is 3.29. The third-order valence-electron chi connectivity index (χ3n) is 3.59. The summed E-state index contributed by atoms with van der Waals surface area (Å²) in [6.07, 6.45) is 3.53. The van der Waals surface area contributed by atoms with E-state index < -0.39 is 5.91 Å². The van der Waals surface area contributed by atoms with E-state index in [9.17, 15) is 4.79 Å². The van der Waals surface area contributed by atoms with Gasteiger partial charge in [-0.1, -0.05) is 11.2 Å². The van der Waals surface area contributed by atoms with Crippen LogP contribution in [0.5, 0.6) is 0 Å². The summed E-state index contributed by atoms with van der Waals surface area (Å²) >= 11 is 0. The number of aromatic amines is 1. The standard InChI is InChI=1S/C17H13N5O2/c23-16(20-10-13-3-1-2-7-18-13)17-21-15(22-24-17)12-4-5-14-11(9-12)6-8-19-14/h1-9,19H,10H2,(H,20,23). The Balaban J connectivity index is 1.50. The molecule has 0 saturated carbocycles. The van der Waals surface area contributed by atoms with Crippen LogP contribution >= 0.6 is 0 Å². The molecule has 118 valence electrons. The van der Waals surface area contributed by atoms with E-state index in [-0.39, 0.29) is 5.89 Å². The molecule has 0 aliphatic heterocycles. The Morgan fingerprint density at radius 1 is 1.21 bits per heavy atom. The predicted octanol–water partition coefficient (Wildman–Crippen LogP) is 2.54. The lowest BCUT2D eigenvalue weighted by Gasteiger charge is -2.00. The van der Waals surface area contributed by atoms with E-state index in [1.54, 1.807) is 6.20 Å². The summed E-state index contributed by atoms with van der Waals surface area (Å²) in [5.74, 6) is -0.127. The molecule has 0 fully saturated rings. The minimum Gasteiger partial charge on any atom is -0.361 e. The molecular formula is C17H13N5O2. The summed E-state index contributed by atoms with van der Waals surface area (Å²) in [7, 11) is 0. The van der Waals surface area contributed by atoms with Crippen molar-refractivity contribution < 1.29 is 9.32 Å². The van der Waals surface area contributed by atoms with E-state index in [1.807, 2.05) is 48.7 Å². The second-order valence-corrected chi connectivity index (χ2v) is 5.21. The molecule has 24 heavy (non-hydrogen) atoms. The minimum atomic E-state index is -0.429. The van der Waals surface area contributed by atoms with Gasteiger partial charge < -0.3 is 14.8 Å².